The molecule has 1 aliphatic rings. The van der Waals surface area contributed by atoms with Crippen LogP contribution in [0.4, 0.5) is 0 Å². The Bertz CT molecular complexity index is 840. The molecule has 7 nitrogen and oxygen atoms in total. The number of benzene rings is 1. The zero-order chi connectivity index (χ0) is 19.9. The number of hydrogen-bond donors (Lipinski definition) is 3. The summed E-state index contributed by atoms with van der Waals surface area (Å²) in [5, 5.41) is 4.21. The van der Waals surface area contributed by atoms with Gasteiger partial charge in [0.1, 0.15) is 18.1 Å². The number of thiocarbonyl (C=S) groups is 1. The summed E-state index contributed by atoms with van der Waals surface area (Å²) < 4.78 is 16.5. The van der Waals surface area contributed by atoms with Gasteiger partial charge in [0, 0.05) is 18.2 Å². The summed E-state index contributed by atoms with van der Waals surface area (Å²) in [5.74, 6) is 0.598. The molecule has 1 atom stereocenters. The first-order chi connectivity index (χ1) is 13.5. The molecule has 1 aromatic carbocycles. The number of amides is 1. The van der Waals surface area contributed by atoms with Crippen LogP contribution in [0.1, 0.15) is 29.2 Å². The van der Waals surface area contributed by atoms with Crippen molar-refractivity contribution >= 4 is 46.4 Å². The third-order valence-corrected chi connectivity index (χ3v) is 4.73. The highest BCUT2D eigenvalue weighted by atomic mass is 35.5. The van der Waals surface area contributed by atoms with Gasteiger partial charge in [-0.05, 0) is 55.4 Å². The van der Waals surface area contributed by atoms with Crippen LogP contribution in [-0.4, -0.2) is 30.3 Å². The Labute approximate surface area is 177 Å². The van der Waals surface area contributed by atoms with E-state index in [1.54, 1.807) is 30.3 Å². The Morgan fingerprint density at radius 2 is 2.11 bits per heavy atom. The number of furan rings is 1. The van der Waals surface area contributed by atoms with Gasteiger partial charge in [-0.3, -0.25) is 15.6 Å². The van der Waals surface area contributed by atoms with Crippen molar-refractivity contribution in [3.63, 3.8) is 0 Å². The number of carbonyl (C=O) groups excluding carboxylic acids is 1. The Morgan fingerprint density at radius 3 is 2.86 bits per heavy atom. The van der Waals surface area contributed by atoms with Crippen LogP contribution in [0, 0.1) is 0 Å². The van der Waals surface area contributed by atoms with Gasteiger partial charge in [0.05, 0.1) is 11.1 Å². The van der Waals surface area contributed by atoms with Crippen molar-refractivity contribution < 1.29 is 18.7 Å². The van der Waals surface area contributed by atoms with E-state index in [0.717, 1.165) is 19.4 Å². The quantitative estimate of drug-likeness (QED) is 0.465. The van der Waals surface area contributed by atoms with Gasteiger partial charge in [0.15, 0.2) is 10.9 Å². The molecule has 1 aromatic heterocycles. The molecule has 0 saturated carbocycles. The minimum atomic E-state index is -0.461. The molecule has 28 heavy (non-hydrogen) atoms. The lowest BCUT2D eigenvalue weighted by Crippen LogP contribution is -2.48. The number of halogens is 2. The van der Waals surface area contributed by atoms with Crippen LogP contribution < -0.4 is 20.9 Å². The number of hydrazine groups is 1. The highest BCUT2D eigenvalue weighted by Crippen LogP contribution is 2.28. The van der Waals surface area contributed by atoms with Gasteiger partial charge >= 0.3 is 5.91 Å². The maximum Gasteiger partial charge on any atom is 0.305 e. The molecule has 150 valence electrons. The average molecular weight is 444 g/mol. The van der Waals surface area contributed by atoms with Crippen LogP contribution >= 0.6 is 35.4 Å². The second-order valence-electron chi connectivity index (χ2n) is 6.05. The maximum atomic E-state index is 12.1. The fourth-order valence-electron chi connectivity index (χ4n) is 2.55. The van der Waals surface area contributed by atoms with Crippen LogP contribution in [0.3, 0.4) is 0 Å². The second kappa shape index (κ2) is 9.97. The Morgan fingerprint density at radius 1 is 1.25 bits per heavy atom. The first-order valence-corrected chi connectivity index (χ1v) is 9.80. The maximum absolute atomic E-state index is 12.1. The van der Waals surface area contributed by atoms with Gasteiger partial charge in [-0.2, -0.15) is 0 Å². The molecule has 1 fully saturated rings. The van der Waals surface area contributed by atoms with Gasteiger partial charge in [0.25, 0.3) is 0 Å². The third kappa shape index (κ3) is 6.00. The molecule has 3 N–H and O–H groups in total. The topological polar surface area (TPSA) is 84.8 Å². The molecule has 2 heterocycles. The van der Waals surface area contributed by atoms with E-state index < -0.39 is 5.91 Å². The lowest BCUT2D eigenvalue weighted by Gasteiger charge is -2.14. The van der Waals surface area contributed by atoms with E-state index in [1.165, 1.54) is 0 Å². The second-order valence-corrected chi connectivity index (χ2v) is 7.31. The van der Waals surface area contributed by atoms with Crippen molar-refractivity contribution in [2.75, 3.05) is 13.2 Å². The Balaban J connectivity index is 1.42. The molecule has 1 saturated heterocycles. The fourth-order valence-corrected chi connectivity index (χ4v) is 3.15. The lowest BCUT2D eigenvalue weighted by molar-refractivity contribution is 0.0911. The van der Waals surface area contributed by atoms with E-state index in [9.17, 15) is 4.79 Å². The normalized spacial score (nSPS) is 15.9. The molecular weight excluding hydrogens is 425 g/mol. The highest BCUT2D eigenvalue weighted by molar-refractivity contribution is 7.80. The highest BCUT2D eigenvalue weighted by Gasteiger charge is 2.16. The average Bonchev–Trinajstić information content (AvgIpc) is 3.35. The van der Waals surface area contributed by atoms with Crippen molar-refractivity contribution in [1.82, 2.24) is 16.2 Å². The molecule has 1 aliphatic heterocycles. The number of rotatable bonds is 6. The summed E-state index contributed by atoms with van der Waals surface area (Å²) in [6.07, 6.45) is 2.20. The summed E-state index contributed by atoms with van der Waals surface area (Å²) in [6.45, 7) is 1.48. The Hall–Kier alpha value is -2.00. The van der Waals surface area contributed by atoms with E-state index in [-0.39, 0.29) is 18.5 Å². The van der Waals surface area contributed by atoms with Crippen LogP contribution in [0.25, 0.3) is 0 Å². The number of ether oxygens (including phenoxy) is 2. The molecular formula is C18H19Cl2N3O4S. The van der Waals surface area contributed by atoms with Gasteiger partial charge in [-0.1, -0.05) is 23.2 Å². The molecule has 0 aliphatic carbocycles. The van der Waals surface area contributed by atoms with Gasteiger partial charge in [0.2, 0.25) is 0 Å². The van der Waals surface area contributed by atoms with Crippen LogP contribution in [0.15, 0.2) is 34.7 Å². The Kier molecular flexibility index (Phi) is 7.38. The molecule has 0 radical (unpaired) electrons. The van der Waals surface area contributed by atoms with Crippen molar-refractivity contribution in [3.8, 4) is 5.75 Å². The van der Waals surface area contributed by atoms with E-state index in [0.29, 0.717) is 33.2 Å². The smallest absolute Gasteiger partial charge is 0.305 e. The molecule has 0 spiro atoms. The number of carbonyl (C=O) groups is 1. The number of hydrogen-bond acceptors (Lipinski definition) is 5. The third-order valence-electron chi connectivity index (χ3n) is 3.95. The van der Waals surface area contributed by atoms with E-state index in [4.69, 9.17) is 49.3 Å². The fraction of sp³-hybridized carbons (Fsp3) is 0.333. The predicted molar refractivity (Wildman–Crippen MR) is 110 cm³/mol. The van der Waals surface area contributed by atoms with Crippen molar-refractivity contribution in [2.45, 2.75) is 25.6 Å². The standard InChI is InChI=1S/C18H19Cl2N3O4S/c19-11-3-5-15(14(20)8-11)26-10-13-4-6-16(27-13)17(24)22-23-18(28)21-9-12-2-1-7-25-12/h3-6,8,12H,1-2,7,9-10H2,(H,22,24)(H2,21,23,28)/t12-/m1/s1. The summed E-state index contributed by atoms with van der Waals surface area (Å²) >= 11 is 17.0. The van der Waals surface area contributed by atoms with Crippen LogP contribution in [0.2, 0.25) is 10.0 Å². The molecule has 10 heteroatoms. The molecule has 3 rings (SSSR count). The first-order valence-electron chi connectivity index (χ1n) is 8.63. The number of nitrogens with one attached hydrogen (secondary N) is 3. The monoisotopic (exact) mass is 443 g/mol. The first kappa shape index (κ1) is 20.7. The van der Waals surface area contributed by atoms with Crippen LogP contribution in [0.5, 0.6) is 5.75 Å². The van der Waals surface area contributed by atoms with E-state index >= 15 is 0 Å². The van der Waals surface area contributed by atoms with Crippen molar-refractivity contribution in [2.24, 2.45) is 0 Å². The zero-order valence-electron chi connectivity index (χ0n) is 14.8. The zero-order valence-corrected chi connectivity index (χ0v) is 17.1. The molecule has 0 bridgehead atoms. The minimum Gasteiger partial charge on any atom is -0.484 e. The van der Waals surface area contributed by atoms with Crippen molar-refractivity contribution in [3.05, 3.63) is 51.9 Å². The summed E-state index contributed by atoms with van der Waals surface area (Å²) in [5.41, 5.74) is 5.10. The minimum absolute atomic E-state index is 0.115. The molecule has 1 amide bonds. The SMILES string of the molecule is O=C(NNC(=S)NC[C@H]1CCCO1)c1ccc(COc2ccc(Cl)cc2Cl)o1. The van der Waals surface area contributed by atoms with Crippen molar-refractivity contribution in [1.29, 1.82) is 0 Å². The van der Waals surface area contributed by atoms with E-state index in [1.807, 2.05) is 0 Å². The molecule has 2 aromatic rings. The lowest BCUT2D eigenvalue weighted by atomic mass is 10.2. The van der Waals surface area contributed by atoms with E-state index in [2.05, 4.69) is 16.2 Å². The largest absolute Gasteiger partial charge is 0.484 e. The summed E-state index contributed by atoms with van der Waals surface area (Å²) in [4.78, 5) is 12.1. The van der Waals surface area contributed by atoms with Gasteiger partial charge in [-0.15, -0.1) is 0 Å². The van der Waals surface area contributed by atoms with Gasteiger partial charge in [-0.25, -0.2) is 0 Å². The van der Waals surface area contributed by atoms with Gasteiger partial charge < -0.3 is 19.2 Å². The molecule has 0 unspecified atom stereocenters. The summed E-state index contributed by atoms with van der Waals surface area (Å²) in [7, 11) is 0. The summed E-state index contributed by atoms with van der Waals surface area (Å²) in [6, 6.07) is 8.11. The predicted octanol–water partition coefficient (Wildman–Crippen LogP) is 3.45. The van der Waals surface area contributed by atoms with Crippen LogP contribution in [-0.2, 0) is 11.3 Å².